The van der Waals surface area contributed by atoms with Crippen LogP contribution in [0.25, 0.3) is 0 Å². The van der Waals surface area contributed by atoms with Crippen LogP contribution in [0.1, 0.15) is 17.0 Å². The van der Waals surface area contributed by atoms with Crippen molar-refractivity contribution in [2.75, 3.05) is 10.6 Å². The van der Waals surface area contributed by atoms with E-state index >= 15 is 0 Å². The molecule has 1 heterocycles. The van der Waals surface area contributed by atoms with Gasteiger partial charge in [0.25, 0.3) is 0 Å². The maximum absolute atomic E-state index is 12.0. The van der Waals surface area contributed by atoms with E-state index in [1.807, 2.05) is 40.0 Å². The molecular formula is C14H17ClN4O. The van der Waals surface area contributed by atoms with E-state index in [0.29, 0.717) is 10.7 Å². The Hall–Kier alpha value is -2.01. The fourth-order valence-electron chi connectivity index (χ4n) is 1.90. The lowest BCUT2D eigenvalue weighted by Crippen LogP contribution is -2.20. The summed E-state index contributed by atoms with van der Waals surface area (Å²) in [7, 11) is 1.84. The Morgan fingerprint density at radius 1 is 1.25 bits per heavy atom. The smallest absolute Gasteiger partial charge is 0.308 e. The predicted octanol–water partition coefficient (Wildman–Crippen LogP) is 3.64. The molecule has 0 aliphatic rings. The molecule has 0 unspecified atom stereocenters. The zero-order valence-corrected chi connectivity index (χ0v) is 12.7. The topological polar surface area (TPSA) is 59.0 Å². The van der Waals surface area contributed by atoms with Gasteiger partial charge >= 0.3 is 6.03 Å². The third kappa shape index (κ3) is 2.93. The number of halogens is 1. The normalized spacial score (nSPS) is 10.4. The van der Waals surface area contributed by atoms with Crippen LogP contribution in [0.2, 0.25) is 5.02 Å². The van der Waals surface area contributed by atoms with Crippen molar-refractivity contribution in [3.8, 4) is 0 Å². The minimum atomic E-state index is -0.316. The number of nitrogens with one attached hydrogen (secondary N) is 2. The predicted molar refractivity (Wildman–Crippen MR) is 81.5 cm³/mol. The van der Waals surface area contributed by atoms with Crippen LogP contribution < -0.4 is 10.6 Å². The van der Waals surface area contributed by atoms with Crippen molar-refractivity contribution in [3.63, 3.8) is 0 Å². The first-order valence-corrected chi connectivity index (χ1v) is 6.60. The van der Waals surface area contributed by atoms with Crippen molar-refractivity contribution in [1.29, 1.82) is 0 Å². The molecule has 1 aromatic carbocycles. The fraction of sp³-hybridized carbons (Fsp3) is 0.286. The van der Waals surface area contributed by atoms with Gasteiger partial charge in [0.2, 0.25) is 0 Å². The third-order valence-electron chi connectivity index (χ3n) is 3.18. The Bertz CT molecular complexity index is 663. The van der Waals surface area contributed by atoms with Gasteiger partial charge in [0.05, 0.1) is 17.1 Å². The van der Waals surface area contributed by atoms with E-state index in [1.165, 1.54) is 0 Å². The van der Waals surface area contributed by atoms with Gasteiger partial charge in [0.15, 0.2) is 0 Å². The Morgan fingerprint density at radius 3 is 2.50 bits per heavy atom. The first-order chi connectivity index (χ1) is 9.38. The zero-order chi connectivity index (χ0) is 14.9. The van der Waals surface area contributed by atoms with E-state index in [1.54, 1.807) is 10.7 Å². The molecule has 0 aliphatic carbocycles. The molecule has 0 saturated heterocycles. The summed E-state index contributed by atoms with van der Waals surface area (Å²) in [5, 5.41) is 10.4. The molecule has 6 heteroatoms. The van der Waals surface area contributed by atoms with Crippen LogP contribution in [0, 0.1) is 20.8 Å². The molecule has 106 valence electrons. The number of nitrogens with zero attached hydrogens (tertiary/aromatic N) is 2. The van der Waals surface area contributed by atoms with Gasteiger partial charge < -0.3 is 10.6 Å². The number of carbonyl (C=O) groups excluding carboxylic acids is 1. The summed E-state index contributed by atoms with van der Waals surface area (Å²) in [4.78, 5) is 12.0. The Kier molecular flexibility index (Phi) is 3.99. The molecule has 0 saturated carbocycles. The van der Waals surface area contributed by atoms with Crippen LogP contribution >= 0.6 is 11.6 Å². The first-order valence-electron chi connectivity index (χ1n) is 6.23. The van der Waals surface area contributed by atoms with E-state index in [9.17, 15) is 4.79 Å². The van der Waals surface area contributed by atoms with Crippen LogP contribution in [0.5, 0.6) is 0 Å². The second-order valence-electron chi connectivity index (χ2n) is 4.71. The number of anilines is 2. The molecule has 5 nitrogen and oxygen atoms in total. The summed E-state index contributed by atoms with van der Waals surface area (Å²) in [6.45, 7) is 5.66. The van der Waals surface area contributed by atoms with Crippen LogP contribution in [0.3, 0.4) is 0 Å². The second-order valence-corrected chi connectivity index (χ2v) is 5.12. The van der Waals surface area contributed by atoms with Crippen molar-refractivity contribution in [2.24, 2.45) is 7.05 Å². The molecule has 2 amide bonds. The van der Waals surface area contributed by atoms with E-state index in [4.69, 9.17) is 11.6 Å². The highest BCUT2D eigenvalue weighted by molar-refractivity contribution is 6.31. The Morgan fingerprint density at radius 2 is 1.95 bits per heavy atom. The lowest BCUT2D eigenvalue weighted by Gasteiger charge is -2.09. The molecule has 2 N–H and O–H groups in total. The van der Waals surface area contributed by atoms with E-state index in [0.717, 1.165) is 22.6 Å². The monoisotopic (exact) mass is 292 g/mol. The summed E-state index contributed by atoms with van der Waals surface area (Å²) in [5.74, 6) is 0. The van der Waals surface area contributed by atoms with Crippen LogP contribution in [0.4, 0.5) is 16.2 Å². The summed E-state index contributed by atoms with van der Waals surface area (Å²) < 4.78 is 1.73. The number of urea groups is 1. The number of hydrogen-bond acceptors (Lipinski definition) is 2. The largest absolute Gasteiger partial charge is 0.323 e. The van der Waals surface area contributed by atoms with Gasteiger partial charge in [0, 0.05) is 17.8 Å². The molecular weight excluding hydrogens is 276 g/mol. The minimum Gasteiger partial charge on any atom is -0.308 e. The number of aryl methyl sites for hydroxylation is 3. The molecule has 2 aromatic rings. The summed E-state index contributed by atoms with van der Waals surface area (Å²) in [6.07, 6.45) is 0. The van der Waals surface area contributed by atoms with Crippen molar-refractivity contribution < 1.29 is 4.79 Å². The molecule has 0 aliphatic heterocycles. The molecule has 0 fully saturated rings. The van der Waals surface area contributed by atoms with Crippen LogP contribution in [0.15, 0.2) is 18.2 Å². The van der Waals surface area contributed by atoms with Gasteiger partial charge in [-0.05, 0) is 38.5 Å². The highest BCUT2D eigenvalue weighted by Crippen LogP contribution is 2.21. The molecule has 0 atom stereocenters. The zero-order valence-electron chi connectivity index (χ0n) is 11.9. The highest BCUT2D eigenvalue weighted by atomic mass is 35.5. The second kappa shape index (κ2) is 5.54. The van der Waals surface area contributed by atoms with Crippen molar-refractivity contribution in [1.82, 2.24) is 9.78 Å². The SMILES string of the molecule is Cc1ccc(NC(=O)Nc2c(C)nn(C)c2C)cc1Cl. The van der Waals surface area contributed by atoms with Crippen molar-refractivity contribution >= 4 is 29.0 Å². The summed E-state index contributed by atoms with van der Waals surface area (Å²) in [6, 6.07) is 5.07. The van der Waals surface area contributed by atoms with Gasteiger partial charge in [-0.2, -0.15) is 5.10 Å². The maximum Gasteiger partial charge on any atom is 0.323 e. The average Bonchev–Trinajstić information content (AvgIpc) is 2.61. The lowest BCUT2D eigenvalue weighted by atomic mass is 10.2. The van der Waals surface area contributed by atoms with Gasteiger partial charge in [0.1, 0.15) is 0 Å². The lowest BCUT2D eigenvalue weighted by molar-refractivity contribution is 0.262. The Balaban J connectivity index is 2.11. The number of hydrogen-bond donors (Lipinski definition) is 2. The standard InChI is InChI=1S/C14H17ClN4O/c1-8-5-6-11(7-12(8)15)16-14(20)17-13-9(2)18-19(4)10(13)3/h5-7H,1-4H3,(H2,16,17,20). The van der Waals surface area contributed by atoms with Crippen molar-refractivity contribution in [3.05, 3.63) is 40.2 Å². The average molecular weight is 293 g/mol. The van der Waals surface area contributed by atoms with E-state index in [2.05, 4.69) is 15.7 Å². The molecule has 0 spiro atoms. The van der Waals surface area contributed by atoms with E-state index < -0.39 is 0 Å². The third-order valence-corrected chi connectivity index (χ3v) is 3.58. The van der Waals surface area contributed by atoms with Gasteiger partial charge in [-0.25, -0.2) is 4.79 Å². The number of rotatable bonds is 2. The maximum atomic E-state index is 12.0. The molecule has 0 radical (unpaired) electrons. The van der Waals surface area contributed by atoms with Gasteiger partial charge in [-0.15, -0.1) is 0 Å². The number of amides is 2. The Labute approximate surface area is 122 Å². The quantitative estimate of drug-likeness (QED) is 0.888. The number of carbonyl (C=O) groups is 1. The van der Waals surface area contributed by atoms with Crippen LogP contribution in [-0.4, -0.2) is 15.8 Å². The molecule has 1 aromatic heterocycles. The first kappa shape index (κ1) is 14.4. The molecule has 2 rings (SSSR count). The summed E-state index contributed by atoms with van der Waals surface area (Å²) in [5.41, 5.74) is 4.03. The highest BCUT2D eigenvalue weighted by Gasteiger charge is 2.12. The van der Waals surface area contributed by atoms with E-state index in [-0.39, 0.29) is 6.03 Å². The minimum absolute atomic E-state index is 0.316. The molecule has 0 bridgehead atoms. The molecule has 20 heavy (non-hydrogen) atoms. The van der Waals surface area contributed by atoms with Crippen LogP contribution in [-0.2, 0) is 7.05 Å². The van der Waals surface area contributed by atoms with Gasteiger partial charge in [-0.1, -0.05) is 17.7 Å². The number of benzene rings is 1. The van der Waals surface area contributed by atoms with Gasteiger partial charge in [-0.3, -0.25) is 4.68 Å². The number of aromatic nitrogens is 2. The summed E-state index contributed by atoms with van der Waals surface area (Å²) >= 11 is 6.03. The fourth-order valence-corrected chi connectivity index (χ4v) is 2.08. The van der Waals surface area contributed by atoms with Crippen molar-refractivity contribution in [2.45, 2.75) is 20.8 Å².